The quantitative estimate of drug-likeness (QED) is 0.638. The van der Waals surface area contributed by atoms with Crippen molar-refractivity contribution in [3.8, 4) is 0 Å². The molecule has 0 unspecified atom stereocenters. The van der Waals surface area contributed by atoms with Crippen LogP contribution in [0, 0.1) is 0 Å². The van der Waals surface area contributed by atoms with Crippen molar-refractivity contribution in [3.05, 3.63) is 57.5 Å². The van der Waals surface area contributed by atoms with Crippen LogP contribution >= 0.6 is 39.3 Å². The summed E-state index contributed by atoms with van der Waals surface area (Å²) in [6, 6.07) is 12.5. The van der Waals surface area contributed by atoms with Crippen molar-refractivity contribution in [2.24, 2.45) is 0 Å². The molecule has 0 aromatic heterocycles. The first-order valence-electron chi connectivity index (χ1n) is 5.78. The lowest BCUT2D eigenvalue weighted by Gasteiger charge is -2.12. The van der Waals surface area contributed by atoms with Crippen LogP contribution in [0.3, 0.4) is 0 Å². The maximum absolute atomic E-state index is 12.5. The molecule has 0 bridgehead atoms. The summed E-state index contributed by atoms with van der Waals surface area (Å²) in [5.41, 5.74) is 1.70. The molecule has 1 nitrogen and oxygen atoms in total. The molecule has 2 rings (SSSR count). The lowest BCUT2D eigenvalue weighted by molar-refractivity contribution is 0.252. The Balaban J connectivity index is 2.10. The highest BCUT2D eigenvalue weighted by Crippen LogP contribution is 2.32. The third-order valence-corrected chi connectivity index (χ3v) is 4.35. The Kier molecular flexibility index (Phi) is 5.69. The van der Waals surface area contributed by atoms with Gasteiger partial charge in [0.15, 0.2) is 0 Å². The van der Waals surface area contributed by atoms with Gasteiger partial charge in [-0.05, 0) is 29.8 Å². The molecule has 0 amide bonds. The number of nitrogens with one attached hydrogen (secondary N) is 1. The topological polar surface area (TPSA) is 12.0 Å². The van der Waals surface area contributed by atoms with Crippen molar-refractivity contribution in [2.45, 2.75) is 17.2 Å². The van der Waals surface area contributed by atoms with Crippen LogP contribution in [0.1, 0.15) is 5.56 Å². The van der Waals surface area contributed by atoms with Crippen LogP contribution in [0.25, 0.3) is 0 Å². The number of para-hydroxylation sites is 1. The van der Waals surface area contributed by atoms with Gasteiger partial charge >= 0.3 is 0 Å². The van der Waals surface area contributed by atoms with Crippen LogP contribution in [-0.2, 0) is 6.54 Å². The molecule has 20 heavy (non-hydrogen) atoms. The van der Waals surface area contributed by atoms with E-state index in [1.807, 2.05) is 12.1 Å². The van der Waals surface area contributed by atoms with Gasteiger partial charge in [0.1, 0.15) is 0 Å². The van der Waals surface area contributed by atoms with Crippen LogP contribution < -0.4 is 5.32 Å². The van der Waals surface area contributed by atoms with Crippen molar-refractivity contribution in [1.82, 2.24) is 0 Å². The van der Waals surface area contributed by atoms with Crippen LogP contribution in [0.2, 0.25) is 5.02 Å². The Labute approximate surface area is 133 Å². The zero-order valence-corrected chi connectivity index (χ0v) is 13.4. The van der Waals surface area contributed by atoms with Gasteiger partial charge in [-0.25, -0.2) is 0 Å². The molecular formula is C14H11BrClF2NS. The van der Waals surface area contributed by atoms with E-state index in [0.29, 0.717) is 33.9 Å². The summed E-state index contributed by atoms with van der Waals surface area (Å²) < 4.78 is 25.9. The molecule has 0 fully saturated rings. The fourth-order valence-corrected chi connectivity index (χ4v) is 3.11. The van der Waals surface area contributed by atoms with Crippen molar-refractivity contribution in [3.63, 3.8) is 0 Å². The maximum Gasteiger partial charge on any atom is 0.288 e. The van der Waals surface area contributed by atoms with E-state index < -0.39 is 5.76 Å². The first kappa shape index (κ1) is 15.6. The van der Waals surface area contributed by atoms with Crippen LogP contribution in [0.5, 0.6) is 0 Å². The first-order chi connectivity index (χ1) is 9.56. The largest absolute Gasteiger partial charge is 0.380 e. The van der Waals surface area contributed by atoms with Crippen LogP contribution in [0.4, 0.5) is 14.5 Å². The minimum absolute atomic E-state index is 0.526. The van der Waals surface area contributed by atoms with Gasteiger partial charge in [0.2, 0.25) is 0 Å². The molecular weight excluding hydrogens is 368 g/mol. The zero-order valence-electron chi connectivity index (χ0n) is 10.2. The molecule has 106 valence electrons. The zero-order chi connectivity index (χ0) is 14.5. The molecule has 0 aliphatic heterocycles. The third kappa shape index (κ3) is 4.36. The van der Waals surface area contributed by atoms with Gasteiger partial charge in [0.05, 0.1) is 0 Å². The second-order valence-electron chi connectivity index (χ2n) is 3.96. The Hall–Kier alpha value is -0.780. The Morgan fingerprint density at radius 1 is 1.20 bits per heavy atom. The Morgan fingerprint density at radius 3 is 2.65 bits per heavy atom. The number of benzene rings is 2. The molecule has 0 spiro atoms. The molecule has 0 saturated heterocycles. The van der Waals surface area contributed by atoms with Crippen LogP contribution in [0.15, 0.2) is 51.8 Å². The average molecular weight is 379 g/mol. The van der Waals surface area contributed by atoms with E-state index >= 15 is 0 Å². The minimum Gasteiger partial charge on any atom is -0.380 e. The van der Waals surface area contributed by atoms with Crippen LogP contribution in [-0.4, -0.2) is 5.76 Å². The molecule has 2 aromatic rings. The second kappa shape index (κ2) is 7.29. The number of thioether (sulfide) groups is 1. The summed E-state index contributed by atoms with van der Waals surface area (Å²) in [6.07, 6.45) is 0. The van der Waals surface area contributed by atoms with Crippen molar-refractivity contribution in [2.75, 3.05) is 5.32 Å². The summed E-state index contributed by atoms with van der Waals surface area (Å²) >= 11 is 9.85. The smallest absolute Gasteiger partial charge is 0.288 e. The fourth-order valence-electron chi connectivity index (χ4n) is 1.67. The van der Waals surface area contributed by atoms with E-state index in [4.69, 9.17) is 11.6 Å². The van der Waals surface area contributed by atoms with E-state index in [9.17, 15) is 8.78 Å². The lowest BCUT2D eigenvalue weighted by Crippen LogP contribution is -2.01. The van der Waals surface area contributed by atoms with Gasteiger partial charge in [0, 0.05) is 26.6 Å². The highest BCUT2D eigenvalue weighted by atomic mass is 79.9. The highest BCUT2D eigenvalue weighted by Gasteiger charge is 2.09. The number of rotatable bonds is 5. The molecule has 0 aliphatic rings. The molecule has 0 radical (unpaired) electrons. The number of anilines is 1. The maximum atomic E-state index is 12.5. The Morgan fingerprint density at radius 2 is 1.95 bits per heavy atom. The number of halogens is 4. The molecule has 2 aromatic carbocycles. The summed E-state index contributed by atoms with van der Waals surface area (Å²) in [5.74, 6) is -2.43. The van der Waals surface area contributed by atoms with Crippen molar-refractivity contribution in [1.29, 1.82) is 0 Å². The number of hydrogen-bond acceptors (Lipinski definition) is 2. The molecule has 0 saturated carbocycles. The first-order valence-corrected chi connectivity index (χ1v) is 7.83. The van der Waals surface area contributed by atoms with Gasteiger partial charge < -0.3 is 5.32 Å². The van der Waals surface area contributed by atoms with E-state index in [0.717, 1.165) is 10.0 Å². The molecule has 6 heteroatoms. The standard InChI is InChI=1S/C14H11BrClF2NS/c15-11-7-10(16)6-5-9(11)8-19-12-3-1-2-4-13(12)20-14(17)18/h1-7,14,19H,8H2. The molecule has 0 aliphatic carbocycles. The normalized spacial score (nSPS) is 10.8. The molecule has 0 atom stereocenters. The highest BCUT2D eigenvalue weighted by molar-refractivity contribution is 9.10. The molecule has 1 N–H and O–H groups in total. The average Bonchev–Trinajstić information content (AvgIpc) is 2.39. The summed E-state index contributed by atoms with van der Waals surface area (Å²) in [7, 11) is 0. The molecule has 0 heterocycles. The third-order valence-electron chi connectivity index (χ3n) is 2.59. The van der Waals surface area contributed by atoms with E-state index in [2.05, 4.69) is 21.2 Å². The van der Waals surface area contributed by atoms with E-state index in [1.54, 1.807) is 30.3 Å². The summed E-state index contributed by atoms with van der Waals surface area (Å²) in [5, 5.41) is 3.82. The Bertz CT molecular complexity index is 595. The van der Waals surface area contributed by atoms with E-state index in [1.165, 1.54) is 0 Å². The predicted octanol–water partition coefficient (Wildman–Crippen LogP) is 6.03. The van der Waals surface area contributed by atoms with Gasteiger partial charge in [-0.15, -0.1) is 0 Å². The minimum atomic E-state index is -2.43. The van der Waals surface area contributed by atoms with Gasteiger partial charge in [-0.1, -0.05) is 57.5 Å². The number of hydrogen-bond donors (Lipinski definition) is 1. The second-order valence-corrected chi connectivity index (χ2v) is 6.29. The van der Waals surface area contributed by atoms with Gasteiger partial charge in [0.25, 0.3) is 5.76 Å². The van der Waals surface area contributed by atoms with Gasteiger partial charge in [-0.3, -0.25) is 0 Å². The van der Waals surface area contributed by atoms with Crippen molar-refractivity contribution >= 4 is 45.0 Å². The van der Waals surface area contributed by atoms with Gasteiger partial charge in [-0.2, -0.15) is 8.78 Å². The summed E-state index contributed by atoms with van der Waals surface area (Å²) in [4.78, 5) is 0.535. The van der Waals surface area contributed by atoms with E-state index in [-0.39, 0.29) is 0 Å². The lowest BCUT2D eigenvalue weighted by atomic mass is 10.2. The number of alkyl halides is 2. The predicted molar refractivity (Wildman–Crippen MR) is 84.8 cm³/mol. The summed E-state index contributed by atoms with van der Waals surface area (Å²) in [6.45, 7) is 0.526. The van der Waals surface area contributed by atoms with Crippen molar-refractivity contribution < 1.29 is 8.78 Å². The SMILES string of the molecule is FC(F)Sc1ccccc1NCc1ccc(Cl)cc1Br. The monoisotopic (exact) mass is 377 g/mol. The fraction of sp³-hybridized carbons (Fsp3) is 0.143.